The van der Waals surface area contributed by atoms with Crippen LogP contribution in [0.5, 0.6) is 0 Å². The lowest BCUT2D eigenvalue weighted by atomic mass is 10.0. The van der Waals surface area contributed by atoms with Crippen molar-refractivity contribution in [1.29, 1.82) is 0 Å². The number of rotatable bonds is 9. The molecule has 0 aliphatic carbocycles. The zero-order valence-corrected chi connectivity index (χ0v) is 17.9. The van der Waals surface area contributed by atoms with E-state index in [2.05, 4.69) is 10.6 Å². The highest BCUT2D eigenvalue weighted by atomic mass is 16.4. The molecule has 2 fully saturated rings. The summed E-state index contributed by atoms with van der Waals surface area (Å²) in [6.45, 7) is 0.245. The molecule has 11 heteroatoms. The van der Waals surface area contributed by atoms with E-state index in [0.717, 1.165) is 10.6 Å². The maximum absolute atomic E-state index is 13.1. The van der Waals surface area contributed by atoms with E-state index in [1.807, 2.05) is 30.3 Å². The van der Waals surface area contributed by atoms with Crippen LogP contribution in [0.4, 0.5) is 0 Å². The molecule has 2 aliphatic heterocycles. The maximum Gasteiger partial charge on any atom is 0.305 e. The molecule has 3 rings (SSSR count). The van der Waals surface area contributed by atoms with Crippen LogP contribution in [-0.2, 0) is 35.2 Å². The van der Waals surface area contributed by atoms with E-state index in [9.17, 15) is 28.8 Å². The SMILES string of the molecule is O=CC(CC(=O)O)NC(=O)C1CCCN2C(=O)CC(NC(=O)CCc3ccccc3)C(=O)N12. The standard InChI is InChI=1S/C22H26N4O7/c27-13-15(11-20(30)31)23-21(32)17-7-4-10-25-19(29)12-16(22(33)26(17)25)24-18(28)9-8-14-5-2-1-3-6-14/h1-3,5-6,13,15-17H,4,7-12H2,(H,23,32)(H,24,28)(H,30,31). The lowest BCUT2D eigenvalue weighted by Gasteiger charge is -2.47. The molecule has 2 aliphatic rings. The van der Waals surface area contributed by atoms with Crippen molar-refractivity contribution in [2.75, 3.05) is 6.54 Å². The molecular formula is C22H26N4O7. The van der Waals surface area contributed by atoms with Crippen molar-refractivity contribution in [2.45, 2.75) is 56.7 Å². The third-order valence-corrected chi connectivity index (χ3v) is 5.60. The number of aryl methyl sites for hydroxylation is 1. The zero-order valence-electron chi connectivity index (χ0n) is 17.9. The molecule has 11 nitrogen and oxygen atoms in total. The number of carboxylic acids is 1. The van der Waals surface area contributed by atoms with Gasteiger partial charge in [0.25, 0.3) is 5.91 Å². The first kappa shape index (κ1) is 23.9. The molecule has 1 aromatic rings. The van der Waals surface area contributed by atoms with E-state index in [4.69, 9.17) is 5.11 Å². The molecule has 4 amide bonds. The summed E-state index contributed by atoms with van der Waals surface area (Å²) in [6, 6.07) is 5.90. The van der Waals surface area contributed by atoms with Crippen molar-refractivity contribution in [2.24, 2.45) is 0 Å². The van der Waals surface area contributed by atoms with Crippen LogP contribution < -0.4 is 10.6 Å². The molecule has 33 heavy (non-hydrogen) atoms. The van der Waals surface area contributed by atoms with Gasteiger partial charge in [-0.3, -0.25) is 29.0 Å². The minimum absolute atomic E-state index is 0.131. The number of benzene rings is 1. The summed E-state index contributed by atoms with van der Waals surface area (Å²) in [6.07, 6.45) is 0.785. The first-order chi connectivity index (χ1) is 15.8. The molecule has 0 radical (unpaired) electrons. The Morgan fingerprint density at radius 3 is 2.58 bits per heavy atom. The summed E-state index contributed by atoms with van der Waals surface area (Å²) in [5.74, 6) is -3.38. The molecule has 0 bridgehead atoms. The lowest BCUT2D eigenvalue weighted by molar-refractivity contribution is -0.186. The number of aldehydes is 1. The highest BCUT2D eigenvalue weighted by Gasteiger charge is 2.47. The topological polar surface area (TPSA) is 153 Å². The summed E-state index contributed by atoms with van der Waals surface area (Å²) in [7, 11) is 0. The minimum Gasteiger partial charge on any atom is -0.481 e. The van der Waals surface area contributed by atoms with Crippen molar-refractivity contribution in [1.82, 2.24) is 20.7 Å². The summed E-state index contributed by atoms with van der Waals surface area (Å²) < 4.78 is 0. The predicted octanol–water partition coefficient (Wildman–Crippen LogP) is -0.599. The predicted molar refractivity (Wildman–Crippen MR) is 113 cm³/mol. The van der Waals surface area contributed by atoms with E-state index < -0.39 is 48.2 Å². The number of nitrogens with one attached hydrogen (secondary N) is 2. The Labute approximate surface area is 190 Å². The van der Waals surface area contributed by atoms with Crippen LogP contribution in [0.2, 0.25) is 0 Å². The molecular weight excluding hydrogens is 432 g/mol. The molecule has 2 saturated heterocycles. The average Bonchev–Trinajstić information content (AvgIpc) is 2.80. The fraction of sp³-hybridized carbons (Fsp3) is 0.455. The van der Waals surface area contributed by atoms with Crippen molar-refractivity contribution in [3.8, 4) is 0 Å². The van der Waals surface area contributed by atoms with Crippen LogP contribution >= 0.6 is 0 Å². The van der Waals surface area contributed by atoms with Gasteiger partial charge >= 0.3 is 5.97 Å². The number of fused-ring (bicyclic) bond motifs is 1. The molecule has 0 saturated carbocycles. The van der Waals surface area contributed by atoms with Gasteiger partial charge in [-0.05, 0) is 24.8 Å². The molecule has 3 N–H and O–H groups in total. The Kier molecular flexibility index (Phi) is 7.75. The Morgan fingerprint density at radius 2 is 1.91 bits per heavy atom. The summed E-state index contributed by atoms with van der Waals surface area (Å²) in [5, 5.41) is 16.0. The van der Waals surface area contributed by atoms with E-state index in [0.29, 0.717) is 19.1 Å². The largest absolute Gasteiger partial charge is 0.481 e. The Bertz CT molecular complexity index is 936. The zero-order chi connectivity index (χ0) is 24.0. The van der Waals surface area contributed by atoms with Gasteiger partial charge in [0.2, 0.25) is 17.7 Å². The van der Waals surface area contributed by atoms with Crippen LogP contribution in [0.25, 0.3) is 0 Å². The second-order valence-electron chi connectivity index (χ2n) is 8.02. The highest BCUT2D eigenvalue weighted by Crippen LogP contribution is 2.25. The highest BCUT2D eigenvalue weighted by molar-refractivity contribution is 5.99. The Balaban J connectivity index is 1.67. The number of carbonyl (C=O) groups excluding carboxylic acids is 5. The number of carboxylic acid groups (broad SMARTS) is 1. The fourth-order valence-electron chi connectivity index (χ4n) is 4.00. The van der Waals surface area contributed by atoms with E-state index in [-0.39, 0.29) is 31.7 Å². The molecule has 3 atom stereocenters. The summed E-state index contributed by atoms with van der Waals surface area (Å²) in [4.78, 5) is 73.0. The third-order valence-electron chi connectivity index (χ3n) is 5.60. The van der Waals surface area contributed by atoms with E-state index in [1.54, 1.807) is 0 Å². The molecule has 176 valence electrons. The molecule has 0 spiro atoms. The van der Waals surface area contributed by atoms with Gasteiger partial charge in [0.15, 0.2) is 0 Å². The second-order valence-corrected chi connectivity index (χ2v) is 8.02. The lowest BCUT2D eigenvalue weighted by Crippen LogP contribution is -2.69. The van der Waals surface area contributed by atoms with Gasteiger partial charge in [-0.1, -0.05) is 30.3 Å². The van der Waals surface area contributed by atoms with Crippen LogP contribution in [0.3, 0.4) is 0 Å². The normalized spacial score (nSPS) is 21.1. The first-order valence-corrected chi connectivity index (χ1v) is 10.7. The van der Waals surface area contributed by atoms with Crippen molar-refractivity contribution < 1.29 is 33.9 Å². The van der Waals surface area contributed by atoms with E-state index >= 15 is 0 Å². The van der Waals surface area contributed by atoms with Crippen LogP contribution in [0.15, 0.2) is 30.3 Å². The number of hydrogen-bond acceptors (Lipinski definition) is 6. The van der Waals surface area contributed by atoms with Crippen molar-refractivity contribution in [3.63, 3.8) is 0 Å². The fourth-order valence-corrected chi connectivity index (χ4v) is 4.00. The van der Waals surface area contributed by atoms with Crippen molar-refractivity contribution >= 4 is 35.9 Å². The van der Waals surface area contributed by atoms with Gasteiger partial charge in [-0.15, -0.1) is 0 Å². The Hall–Kier alpha value is -3.76. The number of nitrogens with zero attached hydrogens (tertiary/aromatic N) is 2. The van der Waals surface area contributed by atoms with Gasteiger partial charge in [0, 0.05) is 13.0 Å². The molecule has 3 unspecified atom stereocenters. The number of aliphatic carboxylic acids is 1. The van der Waals surface area contributed by atoms with Gasteiger partial charge in [0.1, 0.15) is 18.4 Å². The number of amides is 4. The van der Waals surface area contributed by atoms with Gasteiger partial charge in [0.05, 0.1) is 18.9 Å². The smallest absolute Gasteiger partial charge is 0.305 e. The van der Waals surface area contributed by atoms with Gasteiger partial charge in [-0.25, -0.2) is 5.01 Å². The monoisotopic (exact) mass is 458 g/mol. The number of carbonyl (C=O) groups is 6. The Morgan fingerprint density at radius 1 is 1.18 bits per heavy atom. The average molecular weight is 458 g/mol. The van der Waals surface area contributed by atoms with Crippen molar-refractivity contribution in [3.05, 3.63) is 35.9 Å². The summed E-state index contributed by atoms with van der Waals surface area (Å²) >= 11 is 0. The minimum atomic E-state index is -1.26. The molecule has 1 aromatic carbocycles. The van der Waals surface area contributed by atoms with E-state index in [1.165, 1.54) is 5.01 Å². The molecule has 2 heterocycles. The second kappa shape index (κ2) is 10.7. The van der Waals surface area contributed by atoms with Crippen LogP contribution in [0, 0.1) is 0 Å². The van der Waals surface area contributed by atoms with Gasteiger partial charge in [-0.2, -0.15) is 0 Å². The number of hydrazine groups is 1. The first-order valence-electron chi connectivity index (χ1n) is 10.7. The third kappa shape index (κ3) is 5.93. The maximum atomic E-state index is 13.1. The van der Waals surface area contributed by atoms with Crippen LogP contribution in [0.1, 0.15) is 37.7 Å². The summed E-state index contributed by atoms with van der Waals surface area (Å²) in [5.41, 5.74) is 0.962. The number of hydrogen-bond donors (Lipinski definition) is 3. The van der Waals surface area contributed by atoms with Gasteiger partial charge < -0.3 is 20.5 Å². The van der Waals surface area contributed by atoms with Crippen LogP contribution in [-0.4, -0.2) is 75.7 Å². The molecule has 0 aromatic heterocycles. The quantitative estimate of drug-likeness (QED) is 0.418.